The van der Waals surface area contributed by atoms with Crippen molar-refractivity contribution in [1.29, 1.82) is 0 Å². The summed E-state index contributed by atoms with van der Waals surface area (Å²) in [6.45, 7) is 7.53. The van der Waals surface area contributed by atoms with Crippen LogP contribution in [0.3, 0.4) is 0 Å². The molecule has 1 heterocycles. The van der Waals surface area contributed by atoms with Crippen LogP contribution in [0.1, 0.15) is 50.2 Å². The molecule has 1 N–H and O–H groups in total. The Bertz CT molecular complexity index is 627. The van der Waals surface area contributed by atoms with Gasteiger partial charge < -0.3 is 5.11 Å². The molecule has 0 fully saturated rings. The number of hydrogen-bond donors (Lipinski definition) is 1. The molecule has 4 nitrogen and oxygen atoms in total. The largest absolute Gasteiger partial charge is 0.395 e. The Balaban J connectivity index is 2.19. The number of benzene rings is 1. The zero-order valence-corrected chi connectivity index (χ0v) is 14.6. The molecule has 0 aliphatic rings. The van der Waals surface area contributed by atoms with Crippen LogP contribution in [-0.2, 0) is 13.1 Å². The van der Waals surface area contributed by atoms with Crippen LogP contribution in [0.5, 0.6) is 0 Å². The highest BCUT2D eigenvalue weighted by Crippen LogP contribution is 2.16. The van der Waals surface area contributed by atoms with Crippen LogP contribution in [0, 0.1) is 5.82 Å². The predicted octanol–water partition coefficient (Wildman–Crippen LogP) is 3.51. The molecule has 0 bridgehead atoms. The topological polar surface area (TPSA) is 49.2 Å². The van der Waals surface area contributed by atoms with Gasteiger partial charge in [0.2, 0.25) is 0 Å². The van der Waals surface area contributed by atoms with E-state index in [1.165, 1.54) is 12.1 Å². The van der Waals surface area contributed by atoms with Crippen molar-refractivity contribution in [2.45, 2.75) is 52.2 Å². The first-order chi connectivity index (χ1) is 11.5. The quantitative estimate of drug-likeness (QED) is 0.804. The Morgan fingerprint density at radius 1 is 1.12 bits per heavy atom. The van der Waals surface area contributed by atoms with Gasteiger partial charge in [-0.15, -0.1) is 0 Å². The van der Waals surface area contributed by atoms with Crippen LogP contribution < -0.4 is 0 Å². The lowest BCUT2D eigenvalue weighted by atomic mass is 10.1. The van der Waals surface area contributed by atoms with Gasteiger partial charge in [0.15, 0.2) is 0 Å². The van der Waals surface area contributed by atoms with Crippen molar-refractivity contribution in [2.24, 2.45) is 0 Å². The Labute approximate surface area is 143 Å². The van der Waals surface area contributed by atoms with Gasteiger partial charge in [0.25, 0.3) is 0 Å². The molecule has 1 atom stereocenters. The van der Waals surface area contributed by atoms with Gasteiger partial charge >= 0.3 is 0 Å². The molecule has 0 saturated carbocycles. The lowest BCUT2D eigenvalue weighted by molar-refractivity contribution is 0.105. The lowest BCUT2D eigenvalue weighted by Crippen LogP contribution is -2.37. The van der Waals surface area contributed by atoms with Crippen molar-refractivity contribution in [3.63, 3.8) is 0 Å². The number of halogens is 1. The third-order valence-corrected chi connectivity index (χ3v) is 4.11. The maximum absolute atomic E-state index is 13.1. The van der Waals surface area contributed by atoms with Crippen LogP contribution in [0.2, 0.25) is 0 Å². The summed E-state index contributed by atoms with van der Waals surface area (Å²) in [5, 5.41) is 9.70. The predicted molar refractivity (Wildman–Crippen MR) is 92.9 cm³/mol. The Hall–Kier alpha value is -1.85. The highest BCUT2D eigenvalue weighted by Gasteiger charge is 2.18. The minimum atomic E-state index is -0.239. The first-order valence-electron chi connectivity index (χ1n) is 8.44. The van der Waals surface area contributed by atoms with E-state index in [-0.39, 0.29) is 24.4 Å². The zero-order valence-electron chi connectivity index (χ0n) is 14.6. The summed E-state index contributed by atoms with van der Waals surface area (Å²) in [5.74, 6) is 0.860. The summed E-state index contributed by atoms with van der Waals surface area (Å²) in [6, 6.07) is 8.45. The van der Waals surface area contributed by atoms with E-state index in [2.05, 4.69) is 35.6 Å². The van der Waals surface area contributed by atoms with E-state index >= 15 is 0 Å². The van der Waals surface area contributed by atoms with Crippen molar-refractivity contribution < 1.29 is 9.50 Å². The number of aromatic nitrogens is 2. The second-order valence-corrected chi connectivity index (χ2v) is 6.34. The number of nitrogens with zero attached hydrogens (tertiary/aromatic N) is 3. The third-order valence-electron chi connectivity index (χ3n) is 4.11. The van der Waals surface area contributed by atoms with E-state index in [4.69, 9.17) is 0 Å². The van der Waals surface area contributed by atoms with Crippen LogP contribution in [-0.4, -0.2) is 32.6 Å². The average Bonchev–Trinajstić information content (AvgIpc) is 2.58. The number of aliphatic hydroxyl groups is 1. The molecule has 0 spiro atoms. The molecule has 24 heavy (non-hydrogen) atoms. The van der Waals surface area contributed by atoms with E-state index in [0.717, 1.165) is 23.5 Å². The van der Waals surface area contributed by atoms with E-state index in [1.54, 1.807) is 18.3 Å². The standard InChI is InChI=1S/C19H26FN3O/c1-4-18(13-24)23(11-15-5-7-16(20)8-6-15)12-17-9-10-21-19(22-17)14(2)3/h5-10,14,18,24H,4,11-13H2,1-3H3. The van der Waals surface area contributed by atoms with Gasteiger partial charge in [0, 0.05) is 31.2 Å². The monoisotopic (exact) mass is 331 g/mol. The summed E-state index contributed by atoms with van der Waals surface area (Å²) in [4.78, 5) is 11.1. The zero-order chi connectivity index (χ0) is 17.5. The first-order valence-corrected chi connectivity index (χ1v) is 8.44. The summed E-state index contributed by atoms with van der Waals surface area (Å²) in [7, 11) is 0. The van der Waals surface area contributed by atoms with E-state index < -0.39 is 0 Å². The molecular formula is C19H26FN3O. The molecule has 5 heteroatoms. The molecule has 2 rings (SSSR count). The maximum Gasteiger partial charge on any atom is 0.131 e. The van der Waals surface area contributed by atoms with E-state index in [1.807, 2.05) is 6.07 Å². The normalized spacial score (nSPS) is 12.8. The molecule has 1 aromatic carbocycles. The molecule has 1 unspecified atom stereocenters. The number of rotatable bonds is 8. The molecule has 0 aliphatic carbocycles. The molecule has 130 valence electrons. The fourth-order valence-electron chi connectivity index (χ4n) is 2.63. The van der Waals surface area contributed by atoms with Crippen molar-refractivity contribution in [3.05, 3.63) is 59.4 Å². The van der Waals surface area contributed by atoms with Crippen LogP contribution >= 0.6 is 0 Å². The molecule has 0 aliphatic heterocycles. The van der Waals surface area contributed by atoms with Crippen LogP contribution in [0.4, 0.5) is 4.39 Å². The van der Waals surface area contributed by atoms with Gasteiger partial charge in [-0.05, 0) is 30.2 Å². The molecule has 2 aromatic rings. The second kappa shape index (κ2) is 8.85. The average molecular weight is 331 g/mol. The van der Waals surface area contributed by atoms with Gasteiger partial charge in [-0.25, -0.2) is 14.4 Å². The van der Waals surface area contributed by atoms with Crippen molar-refractivity contribution in [2.75, 3.05) is 6.61 Å². The third kappa shape index (κ3) is 5.08. The van der Waals surface area contributed by atoms with Crippen molar-refractivity contribution >= 4 is 0 Å². The Kier molecular flexibility index (Phi) is 6.82. The van der Waals surface area contributed by atoms with Gasteiger partial charge in [0.05, 0.1) is 12.3 Å². The molecule has 0 saturated heterocycles. The first kappa shape index (κ1) is 18.5. The smallest absolute Gasteiger partial charge is 0.131 e. The van der Waals surface area contributed by atoms with Gasteiger partial charge in [-0.2, -0.15) is 0 Å². The number of hydrogen-bond acceptors (Lipinski definition) is 4. The molecule has 0 amide bonds. The highest BCUT2D eigenvalue weighted by atomic mass is 19.1. The minimum Gasteiger partial charge on any atom is -0.395 e. The maximum atomic E-state index is 13.1. The van der Waals surface area contributed by atoms with Gasteiger partial charge in [-0.3, -0.25) is 4.90 Å². The fourth-order valence-corrected chi connectivity index (χ4v) is 2.63. The number of aliphatic hydroxyl groups excluding tert-OH is 1. The van der Waals surface area contributed by atoms with Crippen molar-refractivity contribution in [1.82, 2.24) is 14.9 Å². The van der Waals surface area contributed by atoms with Crippen molar-refractivity contribution in [3.8, 4) is 0 Å². The lowest BCUT2D eigenvalue weighted by Gasteiger charge is -2.29. The molecular weight excluding hydrogens is 305 g/mol. The Morgan fingerprint density at radius 3 is 2.42 bits per heavy atom. The summed E-state index contributed by atoms with van der Waals surface area (Å²) < 4.78 is 13.1. The fraction of sp³-hybridized carbons (Fsp3) is 0.474. The van der Waals surface area contributed by atoms with Gasteiger partial charge in [-0.1, -0.05) is 32.9 Å². The molecule has 0 radical (unpaired) electrons. The van der Waals surface area contributed by atoms with E-state index in [0.29, 0.717) is 13.1 Å². The minimum absolute atomic E-state index is 0.0347. The van der Waals surface area contributed by atoms with Crippen LogP contribution in [0.25, 0.3) is 0 Å². The summed E-state index contributed by atoms with van der Waals surface area (Å²) in [5.41, 5.74) is 1.95. The SMILES string of the molecule is CCC(CO)N(Cc1ccc(F)cc1)Cc1ccnc(C(C)C)n1. The van der Waals surface area contributed by atoms with Gasteiger partial charge in [0.1, 0.15) is 11.6 Å². The Morgan fingerprint density at radius 2 is 1.83 bits per heavy atom. The van der Waals surface area contributed by atoms with E-state index in [9.17, 15) is 9.50 Å². The van der Waals surface area contributed by atoms with Crippen LogP contribution in [0.15, 0.2) is 36.5 Å². The second-order valence-electron chi connectivity index (χ2n) is 6.34. The summed E-state index contributed by atoms with van der Waals surface area (Å²) >= 11 is 0. The molecule has 1 aromatic heterocycles. The highest BCUT2D eigenvalue weighted by molar-refractivity contribution is 5.16. The summed E-state index contributed by atoms with van der Waals surface area (Å²) in [6.07, 6.45) is 2.62.